The molecule has 2 aliphatic rings. The monoisotopic (exact) mass is 306 g/mol. The third-order valence-electron chi connectivity index (χ3n) is 4.76. The first-order valence-corrected chi connectivity index (χ1v) is 8.31. The maximum Gasteiger partial charge on any atom is 0.223 e. The first-order valence-electron chi connectivity index (χ1n) is 7.93. The number of hydrogen-bond donors (Lipinski definition) is 1. The lowest BCUT2D eigenvalue weighted by atomic mass is 10.1. The largest absolute Gasteiger partial charge is 0.354 e. The van der Waals surface area contributed by atoms with Gasteiger partial charge in [0, 0.05) is 17.5 Å². The van der Waals surface area contributed by atoms with Crippen molar-refractivity contribution in [3.63, 3.8) is 0 Å². The van der Waals surface area contributed by atoms with E-state index in [-0.39, 0.29) is 17.9 Å². The maximum atomic E-state index is 12.1. The zero-order chi connectivity index (χ0) is 14.8. The van der Waals surface area contributed by atoms with Gasteiger partial charge in [-0.2, -0.15) is 0 Å². The van der Waals surface area contributed by atoms with Crippen LogP contribution in [-0.2, 0) is 4.79 Å². The summed E-state index contributed by atoms with van der Waals surface area (Å²) in [6.07, 6.45) is 3.50. The summed E-state index contributed by atoms with van der Waals surface area (Å²) in [6, 6.07) is 8.19. The molecular weight excluding hydrogens is 284 g/mol. The summed E-state index contributed by atoms with van der Waals surface area (Å²) in [5, 5.41) is 3.93. The third kappa shape index (κ3) is 3.41. The van der Waals surface area contributed by atoms with Gasteiger partial charge in [-0.05, 0) is 49.9 Å². The molecule has 1 heterocycles. The first-order chi connectivity index (χ1) is 10.2. The van der Waals surface area contributed by atoms with Gasteiger partial charge >= 0.3 is 0 Å². The minimum atomic E-state index is 0.194. The van der Waals surface area contributed by atoms with Gasteiger partial charge in [0.15, 0.2) is 0 Å². The van der Waals surface area contributed by atoms with Crippen LogP contribution in [0.2, 0.25) is 5.02 Å². The third-order valence-corrected chi connectivity index (χ3v) is 5.11. The molecule has 0 spiro atoms. The molecule has 3 nitrogen and oxygen atoms in total. The van der Waals surface area contributed by atoms with E-state index in [1.54, 1.807) is 0 Å². The molecule has 1 N–H and O–H groups in total. The van der Waals surface area contributed by atoms with E-state index in [2.05, 4.69) is 23.2 Å². The molecule has 3 rings (SSSR count). The van der Waals surface area contributed by atoms with Crippen LogP contribution in [0.5, 0.6) is 0 Å². The Labute approximate surface area is 131 Å². The predicted molar refractivity (Wildman–Crippen MR) is 85.3 cm³/mol. The van der Waals surface area contributed by atoms with E-state index in [1.807, 2.05) is 18.2 Å². The highest BCUT2D eigenvalue weighted by atomic mass is 35.5. The highest BCUT2D eigenvalue weighted by Crippen LogP contribution is 2.38. The van der Waals surface area contributed by atoms with E-state index in [9.17, 15) is 4.79 Å². The van der Waals surface area contributed by atoms with Crippen LogP contribution in [0.25, 0.3) is 0 Å². The van der Waals surface area contributed by atoms with Crippen LogP contribution in [0.4, 0.5) is 0 Å². The van der Waals surface area contributed by atoms with E-state index in [1.165, 1.54) is 12.8 Å². The molecule has 1 aliphatic heterocycles. The van der Waals surface area contributed by atoms with E-state index in [4.69, 9.17) is 11.6 Å². The van der Waals surface area contributed by atoms with Crippen LogP contribution in [0, 0.1) is 11.8 Å². The summed E-state index contributed by atoms with van der Waals surface area (Å²) in [5.41, 5.74) is 1.13. The van der Waals surface area contributed by atoms with Crippen LogP contribution >= 0.6 is 11.6 Å². The van der Waals surface area contributed by atoms with Crippen LogP contribution in [0.3, 0.4) is 0 Å². The summed E-state index contributed by atoms with van der Waals surface area (Å²) in [7, 11) is 0. The molecule has 1 amide bonds. The number of likely N-dealkylation sites (tertiary alicyclic amines) is 1. The molecule has 1 aromatic carbocycles. The Balaban J connectivity index is 1.70. The lowest BCUT2D eigenvalue weighted by Gasteiger charge is -2.29. The van der Waals surface area contributed by atoms with Crippen molar-refractivity contribution in [1.82, 2.24) is 10.2 Å². The Morgan fingerprint density at radius 2 is 2.05 bits per heavy atom. The number of nitrogens with zero attached hydrogens (tertiary/aromatic N) is 1. The Morgan fingerprint density at radius 1 is 1.38 bits per heavy atom. The van der Waals surface area contributed by atoms with Gasteiger partial charge in [-0.15, -0.1) is 0 Å². The topological polar surface area (TPSA) is 32.3 Å². The predicted octanol–water partition coefficient (Wildman–Crippen LogP) is 3.25. The highest BCUT2D eigenvalue weighted by molar-refractivity contribution is 6.31. The van der Waals surface area contributed by atoms with E-state index in [0.29, 0.717) is 12.5 Å². The Kier molecular flexibility index (Phi) is 4.51. The molecule has 1 aliphatic carbocycles. The van der Waals surface area contributed by atoms with E-state index >= 15 is 0 Å². The summed E-state index contributed by atoms with van der Waals surface area (Å²) in [6.45, 7) is 4.97. The molecule has 4 heteroatoms. The number of nitrogens with one attached hydrogen (secondary N) is 1. The van der Waals surface area contributed by atoms with E-state index in [0.717, 1.165) is 30.1 Å². The lowest BCUT2D eigenvalue weighted by Crippen LogP contribution is -2.37. The Hall–Kier alpha value is -1.06. The van der Waals surface area contributed by atoms with Gasteiger partial charge in [-0.1, -0.05) is 36.7 Å². The fraction of sp³-hybridized carbons (Fsp3) is 0.588. The van der Waals surface area contributed by atoms with Crippen molar-refractivity contribution in [2.75, 3.05) is 19.6 Å². The quantitative estimate of drug-likeness (QED) is 0.905. The molecule has 21 heavy (non-hydrogen) atoms. The van der Waals surface area contributed by atoms with Crippen LogP contribution in [0.1, 0.15) is 37.8 Å². The lowest BCUT2D eigenvalue weighted by molar-refractivity contribution is -0.122. The molecule has 0 radical (unpaired) electrons. The van der Waals surface area contributed by atoms with E-state index < -0.39 is 0 Å². The van der Waals surface area contributed by atoms with Crippen molar-refractivity contribution in [3.05, 3.63) is 34.9 Å². The summed E-state index contributed by atoms with van der Waals surface area (Å²) >= 11 is 6.37. The zero-order valence-electron chi connectivity index (χ0n) is 12.5. The average molecular weight is 307 g/mol. The molecular formula is C17H23ClN2O. The first kappa shape index (κ1) is 14.9. The van der Waals surface area contributed by atoms with Crippen molar-refractivity contribution >= 4 is 17.5 Å². The van der Waals surface area contributed by atoms with Crippen LogP contribution < -0.4 is 5.32 Å². The van der Waals surface area contributed by atoms with Gasteiger partial charge in [0.2, 0.25) is 5.91 Å². The normalized spacial score (nSPS) is 26.6. The number of rotatable bonds is 5. The molecule has 3 atom stereocenters. The van der Waals surface area contributed by atoms with Crippen molar-refractivity contribution in [1.29, 1.82) is 0 Å². The van der Waals surface area contributed by atoms with Crippen molar-refractivity contribution in [2.24, 2.45) is 11.8 Å². The Bertz CT molecular complexity index is 513. The van der Waals surface area contributed by atoms with Gasteiger partial charge in [0.05, 0.1) is 6.04 Å². The number of carbonyl (C=O) groups is 1. The second kappa shape index (κ2) is 6.37. The van der Waals surface area contributed by atoms with Gasteiger partial charge in [0.25, 0.3) is 0 Å². The second-order valence-electron chi connectivity index (χ2n) is 6.35. The number of benzene rings is 1. The molecule has 0 aromatic heterocycles. The SMILES string of the molecule is CC1CC1C(=O)NCC(c1ccccc1Cl)N1CCCC1. The summed E-state index contributed by atoms with van der Waals surface area (Å²) < 4.78 is 0. The van der Waals surface area contributed by atoms with Gasteiger partial charge in [0.1, 0.15) is 0 Å². The van der Waals surface area contributed by atoms with Crippen molar-refractivity contribution in [3.8, 4) is 0 Å². The average Bonchev–Trinajstić information content (AvgIpc) is 2.99. The van der Waals surface area contributed by atoms with Crippen molar-refractivity contribution in [2.45, 2.75) is 32.2 Å². The maximum absolute atomic E-state index is 12.1. The second-order valence-corrected chi connectivity index (χ2v) is 6.75. The number of amides is 1. The van der Waals surface area contributed by atoms with Gasteiger partial charge < -0.3 is 5.32 Å². The molecule has 1 saturated carbocycles. The molecule has 1 aromatic rings. The zero-order valence-corrected chi connectivity index (χ0v) is 13.3. The van der Waals surface area contributed by atoms with Gasteiger partial charge in [-0.3, -0.25) is 9.69 Å². The summed E-state index contributed by atoms with van der Waals surface area (Å²) in [5.74, 6) is 0.991. The fourth-order valence-electron chi connectivity index (χ4n) is 3.25. The highest BCUT2D eigenvalue weighted by Gasteiger charge is 2.39. The molecule has 114 valence electrons. The van der Waals surface area contributed by atoms with Crippen LogP contribution in [0.15, 0.2) is 24.3 Å². The van der Waals surface area contributed by atoms with Gasteiger partial charge in [-0.25, -0.2) is 0 Å². The minimum absolute atomic E-state index is 0.194. The molecule has 0 bridgehead atoms. The smallest absolute Gasteiger partial charge is 0.223 e. The fourth-order valence-corrected chi connectivity index (χ4v) is 3.51. The summed E-state index contributed by atoms with van der Waals surface area (Å²) in [4.78, 5) is 14.5. The molecule has 3 unspecified atom stereocenters. The minimum Gasteiger partial charge on any atom is -0.354 e. The number of halogens is 1. The van der Waals surface area contributed by atoms with Crippen LogP contribution in [-0.4, -0.2) is 30.4 Å². The van der Waals surface area contributed by atoms with Crippen molar-refractivity contribution < 1.29 is 4.79 Å². The number of hydrogen-bond acceptors (Lipinski definition) is 2. The molecule has 2 fully saturated rings. The Morgan fingerprint density at radius 3 is 2.67 bits per heavy atom. The molecule has 1 saturated heterocycles. The number of carbonyl (C=O) groups excluding carboxylic acids is 1. The standard InChI is InChI=1S/C17H23ClN2O/c1-12-10-14(12)17(21)19-11-16(20-8-4-5-9-20)13-6-2-3-7-15(13)18/h2-3,6-7,12,14,16H,4-5,8-11H2,1H3,(H,19,21).